The maximum atomic E-state index is 13.3. The molecule has 35 heavy (non-hydrogen) atoms. The zero-order valence-electron chi connectivity index (χ0n) is 18.0. The fraction of sp³-hybridized carbons (Fsp3) is 0. The molecule has 0 fully saturated rings. The van der Waals surface area contributed by atoms with Crippen LogP contribution >= 0.6 is 23.2 Å². The Kier molecular flexibility index (Phi) is 7.21. The largest absolute Gasteiger partial charge is 0.506 e. The summed E-state index contributed by atoms with van der Waals surface area (Å²) in [5.74, 6) is -0.346. The maximum absolute atomic E-state index is 13.3. The second-order valence-electron chi connectivity index (χ2n) is 7.42. The summed E-state index contributed by atoms with van der Waals surface area (Å²) in [7, 11) is -4.00. The molecule has 0 saturated heterocycles. The van der Waals surface area contributed by atoms with E-state index < -0.39 is 9.84 Å². The number of phenols is 2. The van der Waals surface area contributed by atoms with Crippen LogP contribution in [-0.2, 0) is 9.84 Å². The van der Waals surface area contributed by atoms with Crippen molar-refractivity contribution in [2.24, 2.45) is 9.98 Å². The first-order valence-electron chi connectivity index (χ1n) is 10.2. The summed E-state index contributed by atoms with van der Waals surface area (Å²) in [6.07, 6.45) is 2.98. The molecule has 4 rings (SSSR count). The lowest BCUT2D eigenvalue weighted by Crippen LogP contribution is -2.01. The summed E-state index contributed by atoms with van der Waals surface area (Å²) in [5.41, 5.74) is 1.62. The number of halogens is 2. The topological polar surface area (TPSA) is 99.3 Å². The Morgan fingerprint density at radius 2 is 0.971 bits per heavy atom. The monoisotopic (exact) mass is 524 g/mol. The van der Waals surface area contributed by atoms with E-state index in [-0.39, 0.29) is 32.7 Å². The van der Waals surface area contributed by atoms with Crippen molar-refractivity contribution in [3.63, 3.8) is 0 Å². The molecule has 0 spiro atoms. The van der Waals surface area contributed by atoms with E-state index in [1.165, 1.54) is 48.8 Å². The van der Waals surface area contributed by atoms with Crippen LogP contribution in [0.15, 0.2) is 105 Å². The Bertz CT molecular complexity index is 1420. The number of hydrogen-bond acceptors (Lipinski definition) is 6. The lowest BCUT2D eigenvalue weighted by atomic mass is 10.2. The van der Waals surface area contributed by atoms with Crippen LogP contribution in [0.1, 0.15) is 11.1 Å². The van der Waals surface area contributed by atoms with Gasteiger partial charge in [-0.15, -0.1) is 0 Å². The first-order chi connectivity index (χ1) is 16.7. The molecular weight excluding hydrogens is 507 g/mol. The van der Waals surface area contributed by atoms with E-state index in [1.807, 2.05) is 0 Å². The molecule has 6 nitrogen and oxygen atoms in total. The quantitative estimate of drug-likeness (QED) is 0.273. The minimum absolute atomic E-state index is 0.0723. The predicted molar refractivity (Wildman–Crippen MR) is 139 cm³/mol. The molecule has 0 amide bonds. The van der Waals surface area contributed by atoms with Gasteiger partial charge in [0.25, 0.3) is 0 Å². The number of aliphatic imine (C=N–C) groups is 2. The molecule has 2 N–H and O–H groups in total. The SMILES string of the molecule is O=S(=O)(c1ccc(O)c(N=Cc2ccc(Cl)cc2)c1)c1ccc(O)c(N=Cc2ccc(Cl)cc2)c1. The molecule has 0 atom stereocenters. The third kappa shape index (κ3) is 5.89. The summed E-state index contributed by atoms with van der Waals surface area (Å²) in [6.45, 7) is 0. The van der Waals surface area contributed by atoms with Gasteiger partial charge in [0.05, 0.1) is 9.79 Å². The normalized spacial score (nSPS) is 11.9. The van der Waals surface area contributed by atoms with Gasteiger partial charge in [0.2, 0.25) is 9.84 Å². The van der Waals surface area contributed by atoms with Crippen molar-refractivity contribution < 1.29 is 18.6 Å². The van der Waals surface area contributed by atoms with Gasteiger partial charge in [0.15, 0.2) is 0 Å². The second-order valence-corrected chi connectivity index (χ2v) is 10.2. The van der Waals surface area contributed by atoms with Gasteiger partial charge in [-0.2, -0.15) is 0 Å². The van der Waals surface area contributed by atoms with Crippen LogP contribution in [0.2, 0.25) is 10.0 Å². The molecule has 0 aliphatic carbocycles. The number of rotatable bonds is 6. The standard InChI is InChI=1S/C26H18Cl2N2O4S/c27-19-5-1-17(2-6-19)15-29-23-13-21(9-11-25(23)31)35(33,34)22-10-12-26(32)24(14-22)30-16-18-3-7-20(28)8-4-18/h1-16,31-32H. The molecule has 0 saturated carbocycles. The lowest BCUT2D eigenvalue weighted by Gasteiger charge is -2.08. The van der Waals surface area contributed by atoms with Crippen molar-refractivity contribution in [2.45, 2.75) is 9.79 Å². The van der Waals surface area contributed by atoms with Crippen molar-refractivity contribution in [1.82, 2.24) is 0 Å². The fourth-order valence-electron chi connectivity index (χ4n) is 3.07. The third-order valence-corrected chi connectivity index (χ3v) is 7.21. The highest BCUT2D eigenvalue weighted by atomic mass is 35.5. The lowest BCUT2D eigenvalue weighted by molar-refractivity contribution is 0.476. The van der Waals surface area contributed by atoms with Crippen LogP contribution in [0, 0.1) is 0 Å². The Balaban J connectivity index is 1.65. The molecule has 0 aromatic heterocycles. The molecule has 0 aliphatic rings. The second kappa shape index (κ2) is 10.3. The van der Waals surface area contributed by atoms with Gasteiger partial charge >= 0.3 is 0 Å². The highest BCUT2D eigenvalue weighted by Gasteiger charge is 2.20. The van der Waals surface area contributed by atoms with E-state index in [1.54, 1.807) is 48.5 Å². The number of nitrogens with zero attached hydrogens (tertiary/aromatic N) is 2. The zero-order chi connectivity index (χ0) is 25.0. The van der Waals surface area contributed by atoms with E-state index >= 15 is 0 Å². The molecule has 176 valence electrons. The minimum Gasteiger partial charge on any atom is -0.506 e. The van der Waals surface area contributed by atoms with Crippen molar-refractivity contribution in [3.05, 3.63) is 106 Å². The number of phenolic OH excluding ortho intramolecular Hbond substituents is 2. The van der Waals surface area contributed by atoms with E-state index in [4.69, 9.17) is 23.2 Å². The molecule has 0 bridgehead atoms. The average molecular weight is 525 g/mol. The number of hydrogen-bond donors (Lipinski definition) is 2. The Morgan fingerprint density at radius 1 is 0.600 bits per heavy atom. The summed E-state index contributed by atoms with van der Waals surface area (Å²) < 4.78 is 26.6. The van der Waals surface area contributed by atoms with E-state index in [0.717, 1.165) is 11.1 Å². The van der Waals surface area contributed by atoms with Crippen LogP contribution in [-0.4, -0.2) is 31.1 Å². The molecule has 0 radical (unpaired) electrons. The summed E-state index contributed by atoms with van der Waals surface area (Å²) >= 11 is 11.8. The van der Waals surface area contributed by atoms with Gasteiger partial charge in [0.1, 0.15) is 22.9 Å². The third-order valence-electron chi connectivity index (χ3n) is 4.96. The predicted octanol–water partition coefficient (Wildman–Crippen LogP) is 6.74. The number of sulfone groups is 1. The molecular formula is C26H18Cl2N2O4S. The van der Waals surface area contributed by atoms with Crippen molar-refractivity contribution in [3.8, 4) is 11.5 Å². The van der Waals surface area contributed by atoms with E-state index in [9.17, 15) is 18.6 Å². The highest BCUT2D eigenvalue weighted by Crippen LogP contribution is 2.35. The van der Waals surface area contributed by atoms with Gasteiger partial charge in [0, 0.05) is 22.5 Å². The van der Waals surface area contributed by atoms with Crippen LogP contribution in [0.3, 0.4) is 0 Å². The number of benzene rings is 4. The summed E-state index contributed by atoms with van der Waals surface area (Å²) in [6, 6.07) is 21.4. The van der Waals surface area contributed by atoms with Gasteiger partial charge < -0.3 is 10.2 Å². The first kappa shape index (κ1) is 24.5. The smallest absolute Gasteiger partial charge is 0.206 e. The molecule has 0 aliphatic heterocycles. The van der Waals surface area contributed by atoms with Gasteiger partial charge in [-0.05, 0) is 71.8 Å². The molecule has 4 aromatic rings. The maximum Gasteiger partial charge on any atom is 0.206 e. The number of aromatic hydroxyl groups is 2. The van der Waals surface area contributed by atoms with Crippen LogP contribution in [0.5, 0.6) is 11.5 Å². The molecule has 9 heteroatoms. The van der Waals surface area contributed by atoms with Crippen molar-refractivity contribution in [2.75, 3.05) is 0 Å². The minimum atomic E-state index is -4.00. The molecule has 0 unspecified atom stereocenters. The summed E-state index contributed by atoms with van der Waals surface area (Å²) in [4.78, 5) is 8.29. The van der Waals surface area contributed by atoms with Crippen LogP contribution < -0.4 is 0 Å². The summed E-state index contributed by atoms with van der Waals surface area (Å²) in [5, 5.41) is 21.5. The van der Waals surface area contributed by atoms with Gasteiger partial charge in [-0.25, -0.2) is 8.42 Å². The zero-order valence-corrected chi connectivity index (χ0v) is 20.3. The van der Waals surface area contributed by atoms with Crippen LogP contribution in [0.25, 0.3) is 0 Å². The Hall–Kier alpha value is -3.65. The van der Waals surface area contributed by atoms with E-state index in [2.05, 4.69) is 9.98 Å². The molecule has 0 heterocycles. The first-order valence-corrected chi connectivity index (χ1v) is 12.5. The fourth-order valence-corrected chi connectivity index (χ4v) is 4.62. The van der Waals surface area contributed by atoms with E-state index in [0.29, 0.717) is 10.0 Å². The molecule has 4 aromatic carbocycles. The van der Waals surface area contributed by atoms with Gasteiger partial charge in [-0.3, -0.25) is 9.98 Å². The van der Waals surface area contributed by atoms with Crippen molar-refractivity contribution >= 4 is 56.8 Å². The Labute approximate surface area is 212 Å². The average Bonchev–Trinajstić information content (AvgIpc) is 2.85. The highest BCUT2D eigenvalue weighted by molar-refractivity contribution is 7.91. The Morgan fingerprint density at radius 3 is 1.34 bits per heavy atom. The van der Waals surface area contributed by atoms with Crippen molar-refractivity contribution in [1.29, 1.82) is 0 Å². The van der Waals surface area contributed by atoms with Crippen LogP contribution in [0.4, 0.5) is 11.4 Å². The van der Waals surface area contributed by atoms with Gasteiger partial charge in [-0.1, -0.05) is 47.5 Å².